The van der Waals surface area contributed by atoms with Gasteiger partial charge >= 0.3 is 0 Å². The summed E-state index contributed by atoms with van der Waals surface area (Å²) in [5.41, 5.74) is 0.807. The molecule has 0 unspecified atom stereocenters. The first-order chi connectivity index (χ1) is 12.2. The summed E-state index contributed by atoms with van der Waals surface area (Å²) in [4.78, 5) is 19.0. The number of amides is 1. The minimum atomic E-state index is -0.557. The molecule has 0 saturated heterocycles. The number of carbonyl (C=O) groups is 1. The standard InChI is InChI=1S/C19H13FN2O2S/c20-15-8-2-1-7-14(15)18(23)22(12-13-6-5-11-24-13)19-21-16-9-3-4-10-17(16)25-19/h1-11H,12H2. The number of para-hydroxylation sites is 1. The van der Waals surface area contributed by atoms with Crippen LogP contribution < -0.4 is 4.90 Å². The highest BCUT2D eigenvalue weighted by Gasteiger charge is 2.24. The summed E-state index contributed by atoms with van der Waals surface area (Å²) in [6.07, 6.45) is 1.54. The van der Waals surface area contributed by atoms with Crippen molar-refractivity contribution in [3.8, 4) is 0 Å². The van der Waals surface area contributed by atoms with E-state index < -0.39 is 11.7 Å². The van der Waals surface area contributed by atoms with Crippen molar-refractivity contribution in [2.24, 2.45) is 0 Å². The second-order valence-electron chi connectivity index (χ2n) is 5.41. The van der Waals surface area contributed by atoms with Gasteiger partial charge in [-0.25, -0.2) is 9.37 Å². The highest BCUT2D eigenvalue weighted by atomic mass is 32.1. The van der Waals surface area contributed by atoms with Crippen molar-refractivity contribution in [1.82, 2.24) is 4.98 Å². The Morgan fingerprint density at radius 2 is 1.88 bits per heavy atom. The van der Waals surface area contributed by atoms with Crippen LogP contribution >= 0.6 is 11.3 Å². The first-order valence-corrected chi connectivity index (χ1v) is 8.48. The number of benzene rings is 2. The van der Waals surface area contributed by atoms with Gasteiger partial charge in [-0.15, -0.1) is 0 Å². The van der Waals surface area contributed by atoms with Gasteiger partial charge in [0.1, 0.15) is 11.6 Å². The third kappa shape index (κ3) is 3.04. The molecule has 4 aromatic rings. The van der Waals surface area contributed by atoms with Crippen molar-refractivity contribution in [2.75, 3.05) is 4.90 Å². The molecule has 25 heavy (non-hydrogen) atoms. The van der Waals surface area contributed by atoms with Crippen LogP contribution in [0.1, 0.15) is 16.1 Å². The molecule has 0 fully saturated rings. The Morgan fingerprint density at radius 3 is 2.64 bits per heavy atom. The van der Waals surface area contributed by atoms with Gasteiger partial charge in [0, 0.05) is 0 Å². The minimum absolute atomic E-state index is 0.00770. The molecular weight excluding hydrogens is 339 g/mol. The van der Waals surface area contributed by atoms with E-state index in [9.17, 15) is 9.18 Å². The van der Waals surface area contributed by atoms with Crippen LogP contribution in [-0.4, -0.2) is 10.9 Å². The second kappa shape index (κ2) is 6.49. The van der Waals surface area contributed by atoms with E-state index in [1.807, 2.05) is 24.3 Å². The van der Waals surface area contributed by atoms with Gasteiger partial charge in [0.15, 0.2) is 5.13 Å². The van der Waals surface area contributed by atoms with Gasteiger partial charge < -0.3 is 4.42 Å². The Hall–Kier alpha value is -2.99. The normalized spacial score (nSPS) is 10.9. The predicted molar refractivity (Wildman–Crippen MR) is 95.2 cm³/mol. The van der Waals surface area contributed by atoms with E-state index in [0.29, 0.717) is 10.9 Å². The van der Waals surface area contributed by atoms with Crippen molar-refractivity contribution in [3.63, 3.8) is 0 Å². The molecule has 0 N–H and O–H groups in total. The lowest BCUT2D eigenvalue weighted by molar-refractivity contribution is 0.0979. The second-order valence-corrected chi connectivity index (χ2v) is 6.42. The lowest BCUT2D eigenvalue weighted by Gasteiger charge is -2.19. The van der Waals surface area contributed by atoms with Gasteiger partial charge in [0.2, 0.25) is 0 Å². The number of anilines is 1. The van der Waals surface area contributed by atoms with Gasteiger partial charge in [0.05, 0.1) is 28.6 Å². The lowest BCUT2D eigenvalue weighted by Crippen LogP contribution is -2.30. The van der Waals surface area contributed by atoms with Crippen LogP contribution in [0.2, 0.25) is 0 Å². The number of thiazole rings is 1. The van der Waals surface area contributed by atoms with Gasteiger partial charge in [-0.2, -0.15) is 0 Å². The zero-order valence-electron chi connectivity index (χ0n) is 13.1. The molecule has 0 aliphatic rings. The number of carbonyl (C=O) groups excluding carboxylic acids is 1. The Kier molecular flexibility index (Phi) is 4.03. The van der Waals surface area contributed by atoms with Crippen LogP contribution in [0.4, 0.5) is 9.52 Å². The first kappa shape index (κ1) is 15.5. The molecule has 0 spiro atoms. The summed E-state index contributed by atoms with van der Waals surface area (Å²) in [5, 5.41) is 0.505. The summed E-state index contributed by atoms with van der Waals surface area (Å²) in [7, 11) is 0. The van der Waals surface area contributed by atoms with E-state index in [0.717, 1.165) is 10.2 Å². The smallest absolute Gasteiger partial charge is 0.263 e. The largest absolute Gasteiger partial charge is 0.467 e. The number of aromatic nitrogens is 1. The molecule has 2 aromatic carbocycles. The number of hydrogen-bond acceptors (Lipinski definition) is 4. The Morgan fingerprint density at radius 1 is 1.08 bits per heavy atom. The van der Waals surface area contributed by atoms with Crippen molar-refractivity contribution in [2.45, 2.75) is 6.54 Å². The first-order valence-electron chi connectivity index (χ1n) is 7.67. The number of halogens is 1. The van der Waals surface area contributed by atoms with Crippen LogP contribution in [-0.2, 0) is 6.54 Å². The fourth-order valence-corrected chi connectivity index (χ4v) is 3.50. The van der Waals surface area contributed by atoms with Gasteiger partial charge in [-0.3, -0.25) is 9.69 Å². The van der Waals surface area contributed by atoms with E-state index in [-0.39, 0.29) is 12.1 Å². The number of furan rings is 1. The molecular formula is C19H13FN2O2S. The molecule has 0 saturated carbocycles. The molecule has 0 aliphatic heterocycles. The van der Waals surface area contributed by atoms with Gasteiger partial charge in [0.25, 0.3) is 5.91 Å². The molecule has 0 atom stereocenters. The number of fused-ring (bicyclic) bond motifs is 1. The molecule has 124 valence electrons. The van der Waals surface area contributed by atoms with Crippen molar-refractivity contribution >= 4 is 32.6 Å². The molecule has 0 radical (unpaired) electrons. The fourth-order valence-electron chi connectivity index (χ4n) is 2.54. The van der Waals surface area contributed by atoms with E-state index in [2.05, 4.69) is 4.98 Å². The maximum atomic E-state index is 14.1. The predicted octanol–water partition coefficient (Wildman–Crippen LogP) is 4.88. The number of rotatable bonds is 4. The summed E-state index contributed by atoms with van der Waals surface area (Å²) in [5.74, 6) is -0.407. The maximum Gasteiger partial charge on any atom is 0.263 e. The summed E-state index contributed by atoms with van der Waals surface area (Å²) in [6.45, 7) is 0.181. The molecule has 2 aromatic heterocycles. The monoisotopic (exact) mass is 352 g/mol. The summed E-state index contributed by atoms with van der Waals surface area (Å²) < 4.78 is 20.4. The van der Waals surface area contributed by atoms with E-state index in [1.165, 1.54) is 28.4 Å². The average molecular weight is 352 g/mol. The Bertz CT molecular complexity index is 994. The molecule has 1 amide bonds. The van der Waals surface area contributed by atoms with E-state index in [4.69, 9.17) is 4.42 Å². The van der Waals surface area contributed by atoms with Crippen LogP contribution in [0.5, 0.6) is 0 Å². The maximum absolute atomic E-state index is 14.1. The SMILES string of the molecule is O=C(c1ccccc1F)N(Cc1ccco1)c1nc2ccccc2s1. The molecule has 0 bridgehead atoms. The van der Waals surface area contributed by atoms with Crippen LogP contribution in [0.15, 0.2) is 71.3 Å². The van der Waals surface area contributed by atoms with Crippen LogP contribution in [0.25, 0.3) is 10.2 Å². The van der Waals surface area contributed by atoms with Crippen molar-refractivity contribution in [1.29, 1.82) is 0 Å². The molecule has 0 aliphatic carbocycles. The molecule has 2 heterocycles. The van der Waals surface area contributed by atoms with Crippen molar-refractivity contribution in [3.05, 3.63) is 84.1 Å². The summed E-state index contributed by atoms with van der Waals surface area (Å²) >= 11 is 1.39. The summed E-state index contributed by atoms with van der Waals surface area (Å²) in [6, 6.07) is 17.1. The van der Waals surface area contributed by atoms with Crippen LogP contribution in [0, 0.1) is 5.82 Å². The highest BCUT2D eigenvalue weighted by molar-refractivity contribution is 7.22. The van der Waals surface area contributed by atoms with E-state index >= 15 is 0 Å². The van der Waals surface area contributed by atoms with E-state index in [1.54, 1.807) is 30.5 Å². The quantitative estimate of drug-likeness (QED) is 0.526. The molecule has 4 rings (SSSR count). The van der Waals surface area contributed by atoms with Gasteiger partial charge in [-0.05, 0) is 36.4 Å². The third-order valence-corrected chi connectivity index (χ3v) is 4.82. The zero-order valence-corrected chi connectivity index (χ0v) is 13.9. The third-order valence-electron chi connectivity index (χ3n) is 3.76. The molecule has 4 nitrogen and oxygen atoms in total. The van der Waals surface area contributed by atoms with Crippen LogP contribution in [0.3, 0.4) is 0 Å². The van der Waals surface area contributed by atoms with Gasteiger partial charge in [-0.1, -0.05) is 35.6 Å². The number of hydrogen-bond donors (Lipinski definition) is 0. The Labute approximate surface area is 147 Å². The van der Waals surface area contributed by atoms with Crippen molar-refractivity contribution < 1.29 is 13.6 Å². The molecule has 6 heteroatoms. The average Bonchev–Trinajstić information content (AvgIpc) is 3.28. The Balaban J connectivity index is 1.78. The zero-order chi connectivity index (χ0) is 17.2. The number of nitrogens with zero attached hydrogens (tertiary/aromatic N) is 2. The topological polar surface area (TPSA) is 46.3 Å². The fraction of sp³-hybridized carbons (Fsp3) is 0.0526. The minimum Gasteiger partial charge on any atom is -0.467 e. The lowest BCUT2D eigenvalue weighted by atomic mass is 10.2. The highest BCUT2D eigenvalue weighted by Crippen LogP contribution is 2.31.